The minimum absolute atomic E-state index is 0.661. The summed E-state index contributed by atoms with van der Waals surface area (Å²) in [5.74, 6) is 0.661. The molecule has 0 fully saturated rings. The predicted molar refractivity (Wildman–Crippen MR) is 61.6 cm³/mol. The van der Waals surface area contributed by atoms with E-state index in [4.69, 9.17) is 0 Å². The van der Waals surface area contributed by atoms with E-state index < -0.39 is 0 Å². The van der Waals surface area contributed by atoms with Crippen molar-refractivity contribution in [3.63, 3.8) is 0 Å². The molecular formula is C11H26N2. The Bertz CT molecular complexity index is 111. The molecule has 13 heavy (non-hydrogen) atoms. The van der Waals surface area contributed by atoms with Crippen molar-refractivity contribution in [1.29, 1.82) is 0 Å². The second kappa shape index (κ2) is 11.7. The molecule has 0 saturated heterocycles. The monoisotopic (exact) mass is 186 g/mol. The van der Waals surface area contributed by atoms with Crippen molar-refractivity contribution in [2.24, 2.45) is 5.92 Å². The van der Waals surface area contributed by atoms with Crippen LogP contribution in [0.3, 0.4) is 0 Å². The first-order valence-corrected chi connectivity index (χ1v) is 5.23. The van der Waals surface area contributed by atoms with Gasteiger partial charge in [0.25, 0.3) is 0 Å². The fourth-order valence-electron chi connectivity index (χ4n) is 0.868. The van der Waals surface area contributed by atoms with Crippen molar-refractivity contribution in [2.75, 3.05) is 13.6 Å². The van der Waals surface area contributed by atoms with E-state index in [9.17, 15) is 0 Å². The smallest absolute Gasteiger partial charge is 0.00998 e. The number of allylic oxidation sites excluding steroid dienone is 1. The Labute approximate surface area is 83.8 Å². The Morgan fingerprint density at radius 1 is 1.38 bits per heavy atom. The molecule has 0 aliphatic rings. The third-order valence-electron chi connectivity index (χ3n) is 1.96. The zero-order chi connectivity index (χ0) is 10.7. The lowest BCUT2D eigenvalue weighted by Crippen LogP contribution is -2.28. The van der Waals surface area contributed by atoms with Crippen molar-refractivity contribution in [3.8, 4) is 0 Å². The van der Waals surface area contributed by atoms with E-state index in [1.54, 1.807) is 0 Å². The quantitative estimate of drug-likeness (QED) is 0.379. The molecule has 0 saturated carbocycles. The van der Waals surface area contributed by atoms with Gasteiger partial charge in [-0.2, -0.15) is 0 Å². The zero-order valence-corrected chi connectivity index (χ0v) is 9.91. The Morgan fingerprint density at radius 2 is 1.92 bits per heavy atom. The number of hydrogen-bond donors (Lipinski definition) is 2. The van der Waals surface area contributed by atoms with Gasteiger partial charge in [0.2, 0.25) is 0 Å². The Morgan fingerprint density at radius 3 is 2.31 bits per heavy atom. The zero-order valence-electron chi connectivity index (χ0n) is 9.91. The molecular weight excluding hydrogens is 160 g/mol. The number of rotatable bonds is 6. The molecule has 0 spiro atoms. The summed E-state index contributed by atoms with van der Waals surface area (Å²) in [5, 5.41) is 0. The average Bonchev–Trinajstić information content (AvgIpc) is 2.15. The molecule has 0 amide bonds. The molecule has 1 unspecified atom stereocenters. The molecule has 2 heteroatoms. The van der Waals surface area contributed by atoms with Crippen LogP contribution in [0.15, 0.2) is 12.2 Å². The highest BCUT2D eigenvalue weighted by Crippen LogP contribution is 2.12. The molecule has 2 N–H and O–H groups in total. The Hall–Kier alpha value is -0.340. The number of nitrogens with one attached hydrogen (secondary N) is 2. The molecule has 80 valence electrons. The van der Waals surface area contributed by atoms with Crippen LogP contribution in [0.2, 0.25) is 0 Å². The van der Waals surface area contributed by atoms with Gasteiger partial charge >= 0.3 is 0 Å². The van der Waals surface area contributed by atoms with Crippen LogP contribution < -0.4 is 10.9 Å². The highest BCUT2D eigenvalue weighted by molar-refractivity contribution is 4.93. The standard InChI is InChI=1S/C9H20N2.C2H6/c1-8(2)9(3)6-5-7-11-10-4;1-2/h9-11H,1,5-7H2,2-4H3;1-2H3. The second-order valence-electron chi connectivity index (χ2n) is 3.07. The first-order chi connectivity index (χ1) is 6.18. The molecule has 0 aromatic carbocycles. The summed E-state index contributed by atoms with van der Waals surface area (Å²) in [4.78, 5) is 0. The summed E-state index contributed by atoms with van der Waals surface area (Å²) in [6.45, 7) is 13.3. The summed E-state index contributed by atoms with van der Waals surface area (Å²) in [5.41, 5.74) is 7.25. The maximum atomic E-state index is 3.92. The van der Waals surface area contributed by atoms with Gasteiger partial charge in [-0.15, -0.1) is 0 Å². The maximum Gasteiger partial charge on any atom is 0.00998 e. The lowest BCUT2D eigenvalue weighted by atomic mass is 9.99. The highest BCUT2D eigenvalue weighted by atomic mass is 15.3. The van der Waals surface area contributed by atoms with Crippen molar-refractivity contribution < 1.29 is 0 Å². The molecule has 0 heterocycles. The molecule has 0 radical (unpaired) electrons. The lowest BCUT2D eigenvalue weighted by Gasteiger charge is -2.10. The number of hydrazine groups is 1. The first kappa shape index (κ1) is 15.1. The van der Waals surface area contributed by atoms with Crippen LogP contribution in [0.5, 0.6) is 0 Å². The summed E-state index contributed by atoms with van der Waals surface area (Å²) in [6.07, 6.45) is 2.43. The SMILES string of the molecule is C=C(C)C(C)CCCNNC.CC. The number of hydrogen-bond acceptors (Lipinski definition) is 2. The van der Waals surface area contributed by atoms with Crippen molar-refractivity contribution >= 4 is 0 Å². The van der Waals surface area contributed by atoms with Crippen LogP contribution in [0, 0.1) is 5.92 Å². The molecule has 0 aromatic rings. The van der Waals surface area contributed by atoms with Gasteiger partial charge in [-0.1, -0.05) is 32.9 Å². The normalized spacial score (nSPS) is 11.5. The summed E-state index contributed by atoms with van der Waals surface area (Å²) >= 11 is 0. The summed E-state index contributed by atoms with van der Waals surface area (Å²) in [7, 11) is 1.89. The largest absolute Gasteiger partial charge is 0.261 e. The van der Waals surface area contributed by atoms with E-state index in [-0.39, 0.29) is 0 Å². The van der Waals surface area contributed by atoms with Crippen LogP contribution in [-0.4, -0.2) is 13.6 Å². The molecule has 1 atom stereocenters. The maximum absolute atomic E-state index is 3.92. The second-order valence-corrected chi connectivity index (χ2v) is 3.07. The average molecular weight is 186 g/mol. The fraction of sp³-hybridized carbons (Fsp3) is 0.818. The van der Waals surface area contributed by atoms with Gasteiger partial charge in [0.1, 0.15) is 0 Å². The van der Waals surface area contributed by atoms with E-state index in [0.717, 1.165) is 6.54 Å². The molecule has 0 aliphatic heterocycles. The molecule has 0 aliphatic carbocycles. The third-order valence-corrected chi connectivity index (χ3v) is 1.96. The van der Waals surface area contributed by atoms with E-state index in [0.29, 0.717) is 5.92 Å². The fourth-order valence-corrected chi connectivity index (χ4v) is 0.868. The van der Waals surface area contributed by atoms with E-state index in [2.05, 4.69) is 31.3 Å². The van der Waals surface area contributed by atoms with Crippen LogP contribution in [-0.2, 0) is 0 Å². The van der Waals surface area contributed by atoms with Crippen LogP contribution >= 0.6 is 0 Å². The van der Waals surface area contributed by atoms with Crippen molar-refractivity contribution in [3.05, 3.63) is 12.2 Å². The summed E-state index contributed by atoms with van der Waals surface area (Å²) in [6, 6.07) is 0. The van der Waals surface area contributed by atoms with Crippen LogP contribution in [0.4, 0.5) is 0 Å². The lowest BCUT2D eigenvalue weighted by molar-refractivity contribution is 0.515. The van der Waals surface area contributed by atoms with Gasteiger partial charge in [-0.25, -0.2) is 0 Å². The third kappa shape index (κ3) is 11.7. The van der Waals surface area contributed by atoms with Crippen molar-refractivity contribution in [1.82, 2.24) is 10.9 Å². The van der Waals surface area contributed by atoms with E-state index >= 15 is 0 Å². The van der Waals surface area contributed by atoms with E-state index in [1.165, 1.54) is 18.4 Å². The summed E-state index contributed by atoms with van der Waals surface area (Å²) < 4.78 is 0. The van der Waals surface area contributed by atoms with Gasteiger partial charge in [0, 0.05) is 6.54 Å². The predicted octanol–water partition coefficient (Wildman–Crippen LogP) is 2.73. The topological polar surface area (TPSA) is 24.1 Å². The van der Waals surface area contributed by atoms with Crippen LogP contribution in [0.1, 0.15) is 40.5 Å². The van der Waals surface area contributed by atoms with Gasteiger partial charge < -0.3 is 0 Å². The van der Waals surface area contributed by atoms with Crippen LogP contribution in [0.25, 0.3) is 0 Å². The van der Waals surface area contributed by atoms with Gasteiger partial charge in [0.15, 0.2) is 0 Å². The highest BCUT2D eigenvalue weighted by Gasteiger charge is 2.00. The Balaban J connectivity index is 0. The molecule has 0 rings (SSSR count). The van der Waals surface area contributed by atoms with Gasteiger partial charge in [-0.3, -0.25) is 10.9 Å². The Kier molecular flexibility index (Phi) is 13.6. The van der Waals surface area contributed by atoms with Gasteiger partial charge in [0.05, 0.1) is 0 Å². The minimum Gasteiger partial charge on any atom is -0.261 e. The molecule has 0 bridgehead atoms. The molecule has 0 aromatic heterocycles. The molecule has 2 nitrogen and oxygen atoms in total. The van der Waals surface area contributed by atoms with E-state index in [1.807, 2.05) is 20.9 Å². The minimum atomic E-state index is 0.661. The van der Waals surface area contributed by atoms with Crippen molar-refractivity contribution in [2.45, 2.75) is 40.5 Å². The first-order valence-electron chi connectivity index (χ1n) is 5.23. The van der Waals surface area contributed by atoms with Gasteiger partial charge in [-0.05, 0) is 32.7 Å².